The van der Waals surface area contributed by atoms with Crippen LogP contribution < -0.4 is 10.2 Å². The second-order valence-corrected chi connectivity index (χ2v) is 9.07. The first-order chi connectivity index (χ1) is 16.7. The number of anilines is 2. The summed E-state index contributed by atoms with van der Waals surface area (Å²) in [5.74, 6) is -1.98. The number of carbonyl (C=O) groups is 4. The highest BCUT2D eigenvalue weighted by molar-refractivity contribution is 6.22. The van der Waals surface area contributed by atoms with Crippen LogP contribution in [-0.4, -0.2) is 35.2 Å². The van der Waals surface area contributed by atoms with E-state index in [4.69, 9.17) is 4.74 Å². The Hall–Kier alpha value is -4.08. The number of nitrogens with one attached hydrogen (secondary N) is 1. The van der Waals surface area contributed by atoms with E-state index in [1.165, 1.54) is 47.4 Å². The molecule has 3 atom stereocenters. The molecule has 0 unspecified atom stereocenters. The number of nitro groups is 1. The van der Waals surface area contributed by atoms with Crippen LogP contribution in [-0.2, 0) is 19.1 Å². The minimum absolute atomic E-state index is 0.136. The molecule has 2 fully saturated rings. The van der Waals surface area contributed by atoms with E-state index in [0.717, 1.165) is 6.42 Å². The average molecular weight is 479 g/mol. The van der Waals surface area contributed by atoms with Crippen molar-refractivity contribution in [2.45, 2.75) is 33.1 Å². The zero-order valence-corrected chi connectivity index (χ0v) is 19.4. The van der Waals surface area contributed by atoms with Gasteiger partial charge in [-0.1, -0.05) is 13.0 Å². The van der Waals surface area contributed by atoms with Gasteiger partial charge in [0, 0.05) is 17.3 Å². The molecule has 2 aliphatic rings. The number of carbonyl (C=O) groups excluding carboxylic acids is 4. The van der Waals surface area contributed by atoms with Crippen LogP contribution >= 0.6 is 0 Å². The number of nitro benzene ring substituents is 1. The van der Waals surface area contributed by atoms with Gasteiger partial charge in [0.1, 0.15) is 0 Å². The van der Waals surface area contributed by atoms with E-state index in [0.29, 0.717) is 30.0 Å². The number of rotatable bonds is 6. The van der Waals surface area contributed by atoms with Crippen molar-refractivity contribution >= 4 is 40.8 Å². The summed E-state index contributed by atoms with van der Waals surface area (Å²) in [4.78, 5) is 61.8. The number of imide groups is 1. The smallest absolute Gasteiger partial charge is 0.338 e. The summed E-state index contributed by atoms with van der Waals surface area (Å²) in [5, 5.41) is 13.5. The molecule has 2 aromatic carbocycles. The summed E-state index contributed by atoms with van der Waals surface area (Å²) in [6.45, 7) is 3.08. The predicted octanol–water partition coefficient (Wildman–Crippen LogP) is 3.62. The Morgan fingerprint density at radius 2 is 1.77 bits per heavy atom. The molecule has 1 aliphatic heterocycles. The minimum atomic E-state index is -0.761. The summed E-state index contributed by atoms with van der Waals surface area (Å²) in [6, 6.07) is 10.1. The van der Waals surface area contributed by atoms with Crippen molar-refractivity contribution in [1.82, 2.24) is 0 Å². The Bertz CT molecular complexity index is 1210. The molecule has 1 aliphatic carbocycles. The molecular weight excluding hydrogens is 454 g/mol. The standard InChI is InChI=1S/C25H25N3O7/c1-14-3-10-19-20(11-14)24(31)27(23(19)30)18-8-5-16(6-9-18)25(32)35-13-22(29)26-17-7-4-15(2)21(12-17)28(33)34/h4-9,12,14,19-20H,3,10-11,13H2,1-2H3,(H,26,29)/t14-,19-,20+/m1/s1. The van der Waals surface area contributed by atoms with E-state index in [9.17, 15) is 29.3 Å². The van der Waals surface area contributed by atoms with Crippen molar-refractivity contribution < 1.29 is 28.8 Å². The quantitative estimate of drug-likeness (QED) is 0.289. The van der Waals surface area contributed by atoms with Gasteiger partial charge in [0.05, 0.1) is 28.0 Å². The predicted molar refractivity (Wildman–Crippen MR) is 126 cm³/mol. The van der Waals surface area contributed by atoms with Crippen LogP contribution in [0.1, 0.15) is 42.1 Å². The minimum Gasteiger partial charge on any atom is -0.452 e. The molecule has 35 heavy (non-hydrogen) atoms. The first-order valence-corrected chi connectivity index (χ1v) is 11.4. The van der Waals surface area contributed by atoms with Gasteiger partial charge in [-0.15, -0.1) is 0 Å². The molecule has 3 amide bonds. The molecule has 0 spiro atoms. The lowest BCUT2D eigenvalue weighted by Gasteiger charge is -2.25. The largest absolute Gasteiger partial charge is 0.452 e. The molecular formula is C25H25N3O7. The number of amides is 3. The van der Waals surface area contributed by atoms with E-state index >= 15 is 0 Å². The summed E-state index contributed by atoms with van der Waals surface area (Å²) < 4.78 is 5.03. The van der Waals surface area contributed by atoms with Crippen LogP contribution in [0.5, 0.6) is 0 Å². The number of hydrogen-bond donors (Lipinski definition) is 1. The second kappa shape index (κ2) is 9.65. The highest BCUT2D eigenvalue weighted by Crippen LogP contribution is 2.42. The molecule has 0 radical (unpaired) electrons. The molecule has 1 saturated heterocycles. The van der Waals surface area contributed by atoms with E-state index in [1.54, 1.807) is 6.92 Å². The van der Waals surface area contributed by atoms with Gasteiger partial charge >= 0.3 is 5.97 Å². The van der Waals surface area contributed by atoms with Crippen molar-refractivity contribution in [1.29, 1.82) is 0 Å². The van der Waals surface area contributed by atoms with Crippen LogP contribution in [0.25, 0.3) is 0 Å². The van der Waals surface area contributed by atoms with E-state index in [1.807, 2.05) is 0 Å². The average Bonchev–Trinajstić information content (AvgIpc) is 3.07. The number of nitrogens with zero attached hydrogens (tertiary/aromatic N) is 2. The maximum Gasteiger partial charge on any atom is 0.338 e. The maximum absolute atomic E-state index is 12.9. The fraction of sp³-hybridized carbons (Fsp3) is 0.360. The first-order valence-electron chi connectivity index (χ1n) is 11.4. The maximum atomic E-state index is 12.9. The molecule has 1 N–H and O–H groups in total. The van der Waals surface area contributed by atoms with Crippen molar-refractivity contribution in [3.8, 4) is 0 Å². The van der Waals surface area contributed by atoms with Crippen LogP contribution in [0.15, 0.2) is 42.5 Å². The van der Waals surface area contributed by atoms with E-state index in [2.05, 4.69) is 12.2 Å². The zero-order valence-electron chi connectivity index (χ0n) is 19.4. The molecule has 1 heterocycles. The Labute approximate surface area is 201 Å². The lowest BCUT2D eigenvalue weighted by molar-refractivity contribution is -0.385. The molecule has 0 aromatic heterocycles. The first kappa shape index (κ1) is 24.1. The van der Waals surface area contributed by atoms with Crippen LogP contribution in [0.2, 0.25) is 0 Å². The van der Waals surface area contributed by atoms with Gasteiger partial charge in [-0.2, -0.15) is 0 Å². The summed E-state index contributed by atoms with van der Waals surface area (Å²) in [7, 11) is 0. The third-order valence-electron chi connectivity index (χ3n) is 6.57. The third kappa shape index (κ3) is 4.91. The van der Waals surface area contributed by atoms with Crippen molar-refractivity contribution in [3.05, 3.63) is 63.7 Å². The number of aryl methyl sites for hydroxylation is 1. The fourth-order valence-electron chi connectivity index (χ4n) is 4.69. The number of fused-ring (bicyclic) bond motifs is 1. The second-order valence-electron chi connectivity index (χ2n) is 9.07. The number of ether oxygens (including phenoxy) is 1. The summed E-state index contributed by atoms with van der Waals surface area (Å²) in [5.41, 5.74) is 1.08. The zero-order chi connectivity index (χ0) is 25.3. The van der Waals surface area contributed by atoms with Crippen molar-refractivity contribution in [3.63, 3.8) is 0 Å². The lowest BCUT2D eigenvalue weighted by atomic mass is 9.76. The molecule has 2 aromatic rings. The Kier molecular flexibility index (Phi) is 6.63. The SMILES string of the molecule is Cc1ccc(NC(=O)COC(=O)c2ccc(N3C(=O)[C@H]4C[C@H](C)CC[C@H]4C3=O)cc2)cc1[N+](=O)[O-]. The van der Waals surface area contributed by atoms with Gasteiger partial charge in [-0.05, 0) is 62.4 Å². The Balaban J connectivity index is 1.35. The third-order valence-corrected chi connectivity index (χ3v) is 6.57. The summed E-state index contributed by atoms with van der Waals surface area (Å²) >= 11 is 0. The molecule has 0 bridgehead atoms. The lowest BCUT2D eigenvalue weighted by Crippen LogP contribution is -2.30. The van der Waals surface area contributed by atoms with E-state index < -0.39 is 23.4 Å². The molecule has 10 heteroatoms. The van der Waals surface area contributed by atoms with Gasteiger partial charge in [0.2, 0.25) is 11.8 Å². The molecule has 10 nitrogen and oxygen atoms in total. The number of esters is 1. The van der Waals surface area contributed by atoms with Gasteiger partial charge in [-0.25, -0.2) is 4.79 Å². The van der Waals surface area contributed by atoms with Crippen molar-refractivity contribution in [2.24, 2.45) is 17.8 Å². The highest BCUT2D eigenvalue weighted by atomic mass is 16.6. The molecule has 1 saturated carbocycles. The summed E-state index contributed by atoms with van der Waals surface area (Å²) in [6.07, 6.45) is 2.33. The van der Waals surface area contributed by atoms with Crippen LogP contribution in [0.4, 0.5) is 17.1 Å². The number of hydrogen-bond acceptors (Lipinski definition) is 7. The van der Waals surface area contributed by atoms with Crippen molar-refractivity contribution in [2.75, 3.05) is 16.8 Å². The number of benzene rings is 2. The van der Waals surface area contributed by atoms with Gasteiger partial charge in [0.25, 0.3) is 11.6 Å². The fourth-order valence-corrected chi connectivity index (χ4v) is 4.69. The van der Waals surface area contributed by atoms with Crippen LogP contribution in [0.3, 0.4) is 0 Å². The Morgan fingerprint density at radius 1 is 1.09 bits per heavy atom. The highest BCUT2D eigenvalue weighted by Gasteiger charge is 2.49. The molecule has 182 valence electrons. The Morgan fingerprint density at radius 3 is 2.46 bits per heavy atom. The topological polar surface area (TPSA) is 136 Å². The van der Waals surface area contributed by atoms with Crippen LogP contribution in [0, 0.1) is 34.8 Å². The normalized spacial score (nSPS) is 21.4. The molecule has 4 rings (SSSR count). The van der Waals surface area contributed by atoms with E-state index in [-0.39, 0.29) is 40.6 Å². The van der Waals surface area contributed by atoms with Gasteiger partial charge in [0.15, 0.2) is 6.61 Å². The van der Waals surface area contributed by atoms with Gasteiger partial charge < -0.3 is 10.1 Å². The monoisotopic (exact) mass is 479 g/mol. The van der Waals surface area contributed by atoms with Gasteiger partial charge in [-0.3, -0.25) is 29.4 Å².